The Morgan fingerprint density at radius 1 is 0.393 bits per heavy atom. The molecule has 56 heavy (non-hydrogen) atoms. The number of hydrogen-bond donors (Lipinski definition) is 1. The number of nitrogens with zero attached hydrogens (tertiary/aromatic N) is 3. The Morgan fingerprint density at radius 2 is 0.750 bits per heavy atom. The molecule has 1 heterocycles. The third-order valence-corrected chi connectivity index (χ3v) is 10.4. The lowest BCUT2D eigenvalue weighted by atomic mass is 9.89. The summed E-state index contributed by atoms with van der Waals surface area (Å²) in [6.45, 7) is 2.24. The summed E-state index contributed by atoms with van der Waals surface area (Å²) in [7, 11) is 0. The summed E-state index contributed by atoms with van der Waals surface area (Å²) < 4.78 is 0. The highest BCUT2D eigenvalue weighted by molar-refractivity contribution is 5.85. The Morgan fingerprint density at radius 3 is 1.16 bits per heavy atom. The summed E-state index contributed by atoms with van der Waals surface area (Å²) in [4.78, 5) is 13.8. The largest absolute Gasteiger partial charge is 0.479 e. The molecule has 4 heteroatoms. The van der Waals surface area contributed by atoms with E-state index >= 15 is 0 Å². The molecule has 268 valence electrons. The summed E-state index contributed by atoms with van der Waals surface area (Å²) in [5.74, 6) is 1.35. The van der Waals surface area contributed by atoms with E-state index in [9.17, 15) is 5.11 Å². The van der Waals surface area contributed by atoms with Gasteiger partial charge in [0.05, 0.1) is 0 Å². The molecule has 1 aromatic heterocycles. The van der Waals surface area contributed by atoms with Gasteiger partial charge in [0.15, 0.2) is 11.6 Å². The van der Waals surface area contributed by atoms with Crippen LogP contribution in [0.15, 0.2) is 194 Å². The van der Waals surface area contributed by atoms with Crippen molar-refractivity contribution in [2.75, 3.05) is 0 Å². The Balaban J connectivity index is 1.09. The van der Waals surface area contributed by atoms with Gasteiger partial charge in [-0.05, 0) is 128 Å². The van der Waals surface area contributed by atoms with Gasteiger partial charge in [-0.2, -0.15) is 9.97 Å². The molecule has 1 aliphatic carbocycles. The molecule has 0 aliphatic heterocycles. The molecule has 9 rings (SSSR count). The summed E-state index contributed by atoms with van der Waals surface area (Å²) in [5.41, 5.74) is 15.1. The van der Waals surface area contributed by atoms with E-state index in [-0.39, 0.29) is 6.01 Å². The number of benzene rings is 7. The molecule has 1 unspecified atom stereocenters. The van der Waals surface area contributed by atoms with E-state index in [0.717, 1.165) is 73.2 Å². The molecule has 0 radical (unpaired) electrons. The molecular formula is C52H39N3O. The first-order valence-electron chi connectivity index (χ1n) is 19.0. The monoisotopic (exact) mass is 721 g/mol. The SMILES string of the molecule is CC1C=CC(c2cc(-c3ccccc3)cc(-c3cccc(-c4nc(O)nc(-c5cccc(-c6cc(-c7ccccc7)cc(-c7ccccc7)c6)c5)n4)c3)c2)=CC1. The fraction of sp³-hybridized carbons (Fsp3) is 0.0577. The van der Waals surface area contributed by atoms with Crippen molar-refractivity contribution in [3.63, 3.8) is 0 Å². The molecule has 1 aliphatic rings. The summed E-state index contributed by atoms with van der Waals surface area (Å²) in [6, 6.07) is 60.9. The lowest BCUT2D eigenvalue weighted by Gasteiger charge is -2.16. The van der Waals surface area contributed by atoms with Crippen molar-refractivity contribution in [3.8, 4) is 84.4 Å². The highest BCUT2D eigenvalue weighted by Gasteiger charge is 2.15. The maximum atomic E-state index is 10.9. The van der Waals surface area contributed by atoms with Crippen LogP contribution in [0.25, 0.3) is 84.0 Å². The van der Waals surface area contributed by atoms with Crippen LogP contribution >= 0.6 is 0 Å². The van der Waals surface area contributed by atoms with Gasteiger partial charge in [0.2, 0.25) is 0 Å². The second-order valence-electron chi connectivity index (χ2n) is 14.4. The maximum absolute atomic E-state index is 10.9. The molecule has 0 fully saturated rings. The van der Waals surface area contributed by atoms with Crippen LogP contribution in [0.3, 0.4) is 0 Å². The minimum Gasteiger partial charge on any atom is -0.479 e. The molecular weight excluding hydrogens is 683 g/mol. The van der Waals surface area contributed by atoms with Gasteiger partial charge in [0.25, 0.3) is 0 Å². The Bertz CT molecular complexity index is 2680. The highest BCUT2D eigenvalue weighted by atomic mass is 16.3. The normalized spacial score (nSPS) is 13.7. The Labute approximate surface area is 327 Å². The zero-order valence-electron chi connectivity index (χ0n) is 31.0. The second-order valence-corrected chi connectivity index (χ2v) is 14.4. The van der Waals surface area contributed by atoms with Crippen molar-refractivity contribution in [2.24, 2.45) is 5.92 Å². The van der Waals surface area contributed by atoms with Crippen molar-refractivity contribution in [1.29, 1.82) is 0 Å². The first-order valence-corrected chi connectivity index (χ1v) is 19.0. The van der Waals surface area contributed by atoms with Crippen molar-refractivity contribution in [3.05, 3.63) is 200 Å². The van der Waals surface area contributed by atoms with Crippen molar-refractivity contribution in [2.45, 2.75) is 13.3 Å². The van der Waals surface area contributed by atoms with Crippen molar-refractivity contribution < 1.29 is 5.11 Å². The average Bonchev–Trinajstić information content (AvgIpc) is 3.27. The average molecular weight is 722 g/mol. The lowest BCUT2D eigenvalue weighted by molar-refractivity contribution is 0.430. The van der Waals surface area contributed by atoms with Crippen LogP contribution in [0, 0.1) is 5.92 Å². The third kappa shape index (κ3) is 7.46. The van der Waals surface area contributed by atoms with E-state index in [2.05, 4.69) is 169 Å². The van der Waals surface area contributed by atoms with Gasteiger partial charge >= 0.3 is 6.01 Å². The number of hydrogen-bond acceptors (Lipinski definition) is 4. The molecule has 8 aromatic rings. The van der Waals surface area contributed by atoms with E-state index in [1.165, 1.54) is 11.1 Å². The number of aromatic nitrogens is 3. The summed E-state index contributed by atoms with van der Waals surface area (Å²) >= 11 is 0. The zero-order valence-corrected chi connectivity index (χ0v) is 31.0. The molecule has 4 nitrogen and oxygen atoms in total. The van der Waals surface area contributed by atoms with Gasteiger partial charge in [0.1, 0.15) is 0 Å². The van der Waals surface area contributed by atoms with E-state index < -0.39 is 0 Å². The van der Waals surface area contributed by atoms with Crippen molar-refractivity contribution in [1.82, 2.24) is 15.0 Å². The number of allylic oxidation sites excluding steroid dienone is 4. The first-order chi connectivity index (χ1) is 27.5. The van der Waals surface area contributed by atoms with Gasteiger partial charge in [-0.15, -0.1) is 0 Å². The standard InChI is InChI=1S/C52H39N3O/c1-35-23-25-39(26-24-35)47-30-46(38-17-9-4-10-18-38)33-49(34-47)41-20-12-22-43(28-41)51-53-50(54-52(56)55-51)42-21-11-19-40(27-42)48-31-44(36-13-5-2-6-14-36)29-45(32-48)37-15-7-3-8-16-37/h2-23,25-35H,24H2,1H3,(H,53,54,55,56). The lowest BCUT2D eigenvalue weighted by Crippen LogP contribution is -1.97. The van der Waals surface area contributed by atoms with Crippen LogP contribution in [-0.4, -0.2) is 20.1 Å². The highest BCUT2D eigenvalue weighted by Crippen LogP contribution is 2.37. The predicted octanol–water partition coefficient (Wildman–Crippen LogP) is 13.2. The molecule has 7 aromatic carbocycles. The third-order valence-electron chi connectivity index (χ3n) is 10.4. The van der Waals surface area contributed by atoms with Gasteiger partial charge in [-0.1, -0.05) is 153 Å². The Kier molecular flexibility index (Phi) is 9.44. The minimum atomic E-state index is -0.322. The van der Waals surface area contributed by atoms with Gasteiger partial charge in [-0.3, -0.25) is 0 Å². The van der Waals surface area contributed by atoms with E-state index in [1.807, 2.05) is 42.5 Å². The topological polar surface area (TPSA) is 58.9 Å². The minimum absolute atomic E-state index is 0.322. The van der Waals surface area contributed by atoms with Gasteiger partial charge < -0.3 is 5.11 Å². The maximum Gasteiger partial charge on any atom is 0.318 e. The van der Waals surface area contributed by atoms with E-state index in [0.29, 0.717) is 17.6 Å². The van der Waals surface area contributed by atoms with E-state index in [1.54, 1.807) is 0 Å². The molecule has 0 bridgehead atoms. The fourth-order valence-corrected chi connectivity index (χ4v) is 7.39. The second kappa shape index (κ2) is 15.3. The molecule has 0 amide bonds. The van der Waals surface area contributed by atoms with Crippen LogP contribution < -0.4 is 0 Å². The van der Waals surface area contributed by atoms with Gasteiger partial charge in [-0.25, -0.2) is 4.98 Å². The van der Waals surface area contributed by atoms with E-state index in [4.69, 9.17) is 4.98 Å². The molecule has 0 spiro atoms. The van der Waals surface area contributed by atoms with Crippen LogP contribution in [0.1, 0.15) is 18.9 Å². The molecule has 1 N–H and O–H groups in total. The molecule has 1 atom stereocenters. The van der Waals surface area contributed by atoms with Crippen LogP contribution in [0.2, 0.25) is 0 Å². The van der Waals surface area contributed by atoms with Crippen LogP contribution in [-0.2, 0) is 0 Å². The van der Waals surface area contributed by atoms with Crippen LogP contribution in [0.5, 0.6) is 6.01 Å². The Hall–Kier alpha value is -7.17. The first kappa shape index (κ1) is 34.6. The smallest absolute Gasteiger partial charge is 0.318 e. The molecule has 0 saturated carbocycles. The summed E-state index contributed by atoms with van der Waals surface area (Å²) in [5, 5.41) is 10.9. The van der Waals surface area contributed by atoms with Crippen molar-refractivity contribution >= 4 is 5.57 Å². The summed E-state index contributed by atoms with van der Waals surface area (Å²) in [6.07, 6.45) is 7.89. The fourth-order valence-electron chi connectivity index (χ4n) is 7.39. The number of rotatable bonds is 8. The number of aromatic hydroxyl groups is 1. The van der Waals surface area contributed by atoms with Gasteiger partial charge in [0, 0.05) is 11.1 Å². The zero-order chi connectivity index (χ0) is 37.8. The van der Waals surface area contributed by atoms with Crippen LogP contribution in [0.4, 0.5) is 0 Å². The quantitative estimate of drug-likeness (QED) is 0.170. The molecule has 0 saturated heterocycles. The predicted molar refractivity (Wildman–Crippen MR) is 230 cm³/mol.